The van der Waals surface area contributed by atoms with E-state index in [0.717, 1.165) is 31.5 Å². The van der Waals surface area contributed by atoms with E-state index in [1.165, 1.54) is 32.4 Å². The van der Waals surface area contributed by atoms with Gasteiger partial charge < -0.3 is 10.2 Å². The molecule has 1 aliphatic heterocycles. The Labute approximate surface area is 105 Å². The van der Waals surface area contributed by atoms with Crippen LogP contribution in [0.5, 0.6) is 0 Å². The van der Waals surface area contributed by atoms with Gasteiger partial charge in [0.25, 0.3) is 0 Å². The van der Waals surface area contributed by atoms with Crippen LogP contribution in [0.2, 0.25) is 0 Å². The maximum absolute atomic E-state index is 8.92. The van der Waals surface area contributed by atoms with Crippen LogP contribution < -0.4 is 5.32 Å². The number of hydrogen-bond acceptors (Lipinski definition) is 3. The van der Waals surface area contributed by atoms with Gasteiger partial charge in [0.1, 0.15) is 0 Å². The van der Waals surface area contributed by atoms with Gasteiger partial charge in [-0.15, -0.1) is 0 Å². The molecule has 2 rings (SSSR count). The highest BCUT2D eigenvalue weighted by molar-refractivity contribution is 4.92. The maximum atomic E-state index is 8.92. The van der Waals surface area contributed by atoms with Crippen molar-refractivity contribution in [2.75, 3.05) is 26.2 Å². The Bertz CT molecular complexity index is 288. The summed E-state index contributed by atoms with van der Waals surface area (Å²) in [6.07, 6.45) is 5.15. The minimum Gasteiger partial charge on any atom is -0.316 e. The third-order valence-electron chi connectivity index (χ3n) is 4.04. The number of hydrogen-bond donors (Lipinski definition) is 1. The first kappa shape index (κ1) is 12.9. The number of rotatable bonds is 6. The van der Waals surface area contributed by atoms with Crippen molar-refractivity contribution in [2.45, 2.75) is 45.6 Å². The van der Waals surface area contributed by atoms with Gasteiger partial charge in [0.05, 0.1) is 11.5 Å². The summed E-state index contributed by atoms with van der Waals surface area (Å²) in [5.41, 5.74) is -0.178. The number of nitriles is 1. The molecule has 1 saturated heterocycles. The molecule has 1 unspecified atom stereocenters. The Hall–Kier alpha value is -0.590. The van der Waals surface area contributed by atoms with Crippen LogP contribution in [0.3, 0.4) is 0 Å². The lowest BCUT2D eigenvalue weighted by Gasteiger charge is -2.17. The van der Waals surface area contributed by atoms with Gasteiger partial charge >= 0.3 is 0 Å². The summed E-state index contributed by atoms with van der Waals surface area (Å²) in [7, 11) is 0. The average Bonchev–Trinajstić information content (AvgIpc) is 3.05. The van der Waals surface area contributed by atoms with E-state index < -0.39 is 0 Å². The van der Waals surface area contributed by atoms with Gasteiger partial charge in [-0.2, -0.15) is 5.26 Å². The highest BCUT2D eigenvalue weighted by Gasteiger charge is 2.34. The van der Waals surface area contributed by atoms with Crippen LogP contribution in [0.25, 0.3) is 0 Å². The lowest BCUT2D eigenvalue weighted by atomic mass is 9.91. The van der Waals surface area contributed by atoms with Crippen molar-refractivity contribution in [3.63, 3.8) is 0 Å². The van der Waals surface area contributed by atoms with Crippen molar-refractivity contribution in [1.29, 1.82) is 5.26 Å². The second kappa shape index (κ2) is 5.37. The van der Waals surface area contributed by atoms with Gasteiger partial charge in [0, 0.05) is 12.6 Å². The predicted octanol–water partition coefficient (Wildman–Crippen LogP) is 2.00. The average molecular weight is 235 g/mol. The highest BCUT2D eigenvalue weighted by atomic mass is 15.2. The van der Waals surface area contributed by atoms with Gasteiger partial charge in [-0.05, 0) is 65.1 Å². The molecule has 0 radical (unpaired) electrons. The molecule has 1 aliphatic carbocycles. The molecule has 0 spiro atoms. The van der Waals surface area contributed by atoms with Crippen LogP contribution in [0.15, 0.2) is 0 Å². The lowest BCUT2D eigenvalue weighted by Crippen LogP contribution is -2.29. The summed E-state index contributed by atoms with van der Waals surface area (Å²) in [4.78, 5) is 2.66. The molecule has 0 aromatic rings. The molecule has 17 heavy (non-hydrogen) atoms. The number of likely N-dealkylation sites (tertiary alicyclic amines) is 1. The third kappa shape index (κ3) is 3.97. The van der Waals surface area contributed by atoms with Gasteiger partial charge in [-0.1, -0.05) is 0 Å². The minimum atomic E-state index is -0.178. The lowest BCUT2D eigenvalue weighted by molar-refractivity contribution is 0.310. The third-order valence-corrected chi connectivity index (χ3v) is 4.04. The van der Waals surface area contributed by atoms with Gasteiger partial charge in [0.2, 0.25) is 0 Å². The van der Waals surface area contributed by atoms with Crippen LogP contribution in [0, 0.1) is 22.7 Å². The molecule has 0 amide bonds. The van der Waals surface area contributed by atoms with Crippen molar-refractivity contribution in [3.05, 3.63) is 0 Å². The standard InChI is InChI=1S/C14H25N3/c1-14(2,11-15)6-7-16-9-12-5-8-17(10-12)13-3-4-13/h12-13,16H,3-10H2,1-2H3. The topological polar surface area (TPSA) is 39.1 Å². The molecule has 1 heterocycles. The molecule has 1 N–H and O–H groups in total. The Morgan fingerprint density at radius 2 is 2.12 bits per heavy atom. The van der Waals surface area contributed by atoms with E-state index in [-0.39, 0.29) is 5.41 Å². The molecule has 2 fully saturated rings. The van der Waals surface area contributed by atoms with E-state index in [9.17, 15) is 0 Å². The molecule has 3 heteroatoms. The van der Waals surface area contributed by atoms with Gasteiger partial charge in [0.15, 0.2) is 0 Å². The zero-order valence-electron chi connectivity index (χ0n) is 11.2. The first-order valence-electron chi connectivity index (χ1n) is 6.97. The zero-order valence-corrected chi connectivity index (χ0v) is 11.2. The minimum absolute atomic E-state index is 0.178. The summed E-state index contributed by atoms with van der Waals surface area (Å²) >= 11 is 0. The van der Waals surface area contributed by atoms with E-state index in [2.05, 4.69) is 16.3 Å². The molecule has 1 saturated carbocycles. The second-order valence-electron chi connectivity index (χ2n) is 6.33. The molecule has 0 bridgehead atoms. The van der Waals surface area contributed by atoms with E-state index >= 15 is 0 Å². The molecule has 0 aromatic carbocycles. The van der Waals surface area contributed by atoms with E-state index in [1.54, 1.807) is 0 Å². The monoisotopic (exact) mass is 235 g/mol. The van der Waals surface area contributed by atoms with Gasteiger partial charge in [-0.3, -0.25) is 0 Å². The fourth-order valence-electron chi connectivity index (χ4n) is 2.56. The Balaban J connectivity index is 1.55. The van der Waals surface area contributed by atoms with Crippen molar-refractivity contribution in [1.82, 2.24) is 10.2 Å². The number of nitrogens with zero attached hydrogens (tertiary/aromatic N) is 2. The first-order chi connectivity index (χ1) is 8.11. The summed E-state index contributed by atoms with van der Waals surface area (Å²) in [6, 6.07) is 3.28. The summed E-state index contributed by atoms with van der Waals surface area (Å²) < 4.78 is 0. The first-order valence-corrected chi connectivity index (χ1v) is 6.97. The van der Waals surface area contributed by atoms with Crippen LogP contribution in [0.4, 0.5) is 0 Å². The van der Waals surface area contributed by atoms with E-state index in [0.29, 0.717) is 0 Å². The fraction of sp³-hybridized carbons (Fsp3) is 0.929. The molecule has 3 nitrogen and oxygen atoms in total. The van der Waals surface area contributed by atoms with Crippen molar-refractivity contribution in [3.8, 4) is 6.07 Å². The molecule has 1 atom stereocenters. The predicted molar refractivity (Wildman–Crippen MR) is 69.6 cm³/mol. The largest absolute Gasteiger partial charge is 0.316 e. The van der Waals surface area contributed by atoms with E-state index in [4.69, 9.17) is 5.26 Å². The fourth-order valence-corrected chi connectivity index (χ4v) is 2.56. The smallest absolute Gasteiger partial charge is 0.0684 e. The second-order valence-corrected chi connectivity index (χ2v) is 6.33. The van der Waals surface area contributed by atoms with E-state index in [1.807, 2.05) is 13.8 Å². The normalized spacial score (nSPS) is 26.1. The van der Waals surface area contributed by atoms with Gasteiger partial charge in [-0.25, -0.2) is 0 Å². The summed E-state index contributed by atoms with van der Waals surface area (Å²) in [5.74, 6) is 0.834. The molecule has 2 aliphatic rings. The van der Waals surface area contributed by atoms with Crippen LogP contribution >= 0.6 is 0 Å². The molecular weight excluding hydrogens is 210 g/mol. The van der Waals surface area contributed by atoms with Crippen molar-refractivity contribution < 1.29 is 0 Å². The highest BCUT2D eigenvalue weighted by Crippen LogP contribution is 2.31. The zero-order chi connectivity index (χ0) is 12.3. The molecule has 96 valence electrons. The van der Waals surface area contributed by atoms with Crippen molar-refractivity contribution in [2.24, 2.45) is 11.3 Å². The van der Waals surface area contributed by atoms with Crippen LogP contribution in [0.1, 0.15) is 39.5 Å². The quantitative estimate of drug-likeness (QED) is 0.716. The Morgan fingerprint density at radius 3 is 2.76 bits per heavy atom. The number of nitrogens with one attached hydrogen (secondary N) is 1. The molecular formula is C14H25N3. The molecule has 0 aromatic heterocycles. The Kier molecular flexibility index (Phi) is 4.06. The Morgan fingerprint density at radius 1 is 1.35 bits per heavy atom. The van der Waals surface area contributed by atoms with Crippen LogP contribution in [-0.2, 0) is 0 Å². The maximum Gasteiger partial charge on any atom is 0.0684 e. The summed E-state index contributed by atoms with van der Waals surface area (Å²) in [6.45, 7) is 8.73. The van der Waals surface area contributed by atoms with Crippen LogP contribution in [-0.4, -0.2) is 37.1 Å². The van der Waals surface area contributed by atoms with Crippen molar-refractivity contribution >= 4 is 0 Å². The summed E-state index contributed by atoms with van der Waals surface area (Å²) in [5, 5.41) is 12.4. The SMILES string of the molecule is CC(C)(C#N)CCNCC1CCN(C2CC2)C1.